The van der Waals surface area contributed by atoms with Gasteiger partial charge in [-0.1, -0.05) is 25.5 Å². The highest BCUT2D eigenvalue weighted by Crippen LogP contribution is 2.44. The van der Waals surface area contributed by atoms with Gasteiger partial charge in [-0.05, 0) is 60.0 Å². The van der Waals surface area contributed by atoms with Crippen molar-refractivity contribution >= 4 is 45.5 Å². The summed E-state index contributed by atoms with van der Waals surface area (Å²) >= 11 is 1.16. The molecule has 2 heterocycles. The second-order valence-electron chi connectivity index (χ2n) is 8.80. The third-order valence-corrected chi connectivity index (χ3v) is 6.95. The first-order chi connectivity index (χ1) is 18.5. The molecule has 38 heavy (non-hydrogen) atoms. The summed E-state index contributed by atoms with van der Waals surface area (Å²) in [6.07, 6.45) is 0.733. The Morgan fingerprint density at radius 1 is 1.00 bits per heavy atom. The predicted octanol–water partition coefficient (Wildman–Crippen LogP) is 6.65. The first-order valence-corrected chi connectivity index (χ1v) is 13.0. The molecule has 2 aromatic heterocycles. The molecule has 0 bridgehead atoms. The maximum atomic E-state index is 11.9. The van der Waals surface area contributed by atoms with E-state index in [4.69, 9.17) is 14.2 Å². The summed E-state index contributed by atoms with van der Waals surface area (Å²) in [6, 6.07) is 17.4. The van der Waals surface area contributed by atoms with E-state index in [1.54, 1.807) is 20.3 Å². The molecule has 0 fully saturated rings. The zero-order valence-corrected chi connectivity index (χ0v) is 22.2. The molecule has 0 aliphatic heterocycles. The number of ether oxygens (including phenoxy) is 3. The molecular formula is C28H28N4O5S. The molecule has 0 radical (unpaired) electrons. The van der Waals surface area contributed by atoms with Crippen molar-refractivity contribution in [2.75, 3.05) is 26.1 Å². The number of methoxy groups -OCH3 is 2. The van der Waals surface area contributed by atoms with Gasteiger partial charge in [-0.25, -0.2) is 4.79 Å². The lowest BCUT2D eigenvalue weighted by atomic mass is 10.0. The molecular weight excluding hydrogens is 504 g/mol. The SMILES string of the molecule is CCCCNc1ccc2c(c1)c(-c1ccc(OC)c(OC)c1)c(OC(=O)O)n2Cc1ccc2nsnc2c1. The first-order valence-electron chi connectivity index (χ1n) is 12.3. The molecule has 2 N–H and O–H groups in total. The van der Waals surface area contributed by atoms with Crippen molar-refractivity contribution < 1.29 is 24.1 Å². The molecule has 3 aromatic carbocycles. The van der Waals surface area contributed by atoms with Crippen LogP contribution in [0.5, 0.6) is 17.4 Å². The van der Waals surface area contributed by atoms with E-state index in [1.807, 2.05) is 53.1 Å². The lowest BCUT2D eigenvalue weighted by Crippen LogP contribution is -2.10. The molecule has 0 atom stereocenters. The van der Waals surface area contributed by atoms with Crippen molar-refractivity contribution in [1.82, 2.24) is 13.3 Å². The zero-order chi connectivity index (χ0) is 26.6. The Kier molecular flexibility index (Phi) is 7.32. The van der Waals surface area contributed by atoms with Crippen LogP contribution in [0.1, 0.15) is 25.3 Å². The first kappa shape index (κ1) is 25.3. The fraction of sp³-hybridized carbons (Fsp3) is 0.250. The Bertz CT molecular complexity index is 1610. The van der Waals surface area contributed by atoms with Gasteiger partial charge in [-0.3, -0.25) is 0 Å². The molecule has 0 spiro atoms. The van der Waals surface area contributed by atoms with Gasteiger partial charge in [-0.2, -0.15) is 8.75 Å². The summed E-state index contributed by atoms with van der Waals surface area (Å²) in [5.74, 6) is 1.33. The van der Waals surface area contributed by atoms with E-state index in [-0.39, 0.29) is 5.88 Å². The topological polar surface area (TPSA) is 108 Å². The summed E-state index contributed by atoms with van der Waals surface area (Å²) < 4.78 is 27.0. The Hall–Kier alpha value is -4.31. The summed E-state index contributed by atoms with van der Waals surface area (Å²) in [5, 5.41) is 14.1. The Labute approximate surface area is 223 Å². The highest BCUT2D eigenvalue weighted by atomic mass is 32.1. The van der Waals surface area contributed by atoms with Gasteiger partial charge in [0.2, 0.25) is 5.88 Å². The van der Waals surface area contributed by atoms with Crippen LogP contribution in [-0.2, 0) is 6.54 Å². The maximum Gasteiger partial charge on any atom is 0.512 e. The monoisotopic (exact) mass is 532 g/mol. The van der Waals surface area contributed by atoms with E-state index in [1.165, 1.54) is 0 Å². The second-order valence-corrected chi connectivity index (χ2v) is 9.33. The van der Waals surface area contributed by atoms with E-state index in [0.717, 1.165) is 69.9 Å². The van der Waals surface area contributed by atoms with Crippen LogP contribution in [0.4, 0.5) is 10.5 Å². The molecule has 0 saturated heterocycles. The van der Waals surface area contributed by atoms with Crippen LogP contribution in [0.15, 0.2) is 54.6 Å². The van der Waals surface area contributed by atoms with Crippen LogP contribution in [0, 0.1) is 0 Å². The lowest BCUT2D eigenvalue weighted by molar-refractivity contribution is 0.141. The largest absolute Gasteiger partial charge is 0.512 e. The summed E-state index contributed by atoms with van der Waals surface area (Å²) in [7, 11) is 3.14. The fourth-order valence-electron chi connectivity index (χ4n) is 4.58. The Balaban J connectivity index is 1.72. The summed E-state index contributed by atoms with van der Waals surface area (Å²) in [5.41, 5.74) is 5.75. The van der Waals surface area contributed by atoms with E-state index >= 15 is 0 Å². The second kappa shape index (κ2) is 11.0. The van der Waals surface area contributed by atoms with Crippen molar-refractivity contribution in [3.8, 4) is 28.5 Å². The number of carbonyl (C=O) groups is 1. The zero-order valence-electron chi connectivity index (χ0n) is 21.4. The van der Waals surface area contributed by atoms with Crippen molar-refractivity contribution in [3.63, 3.8) is 0 Å². The normalized spacial score (nSPS) is 11.1. The predicted molar refractivity (Wildman–Crippen MR) is 149 cm³/mol. The number of fused-ring (bicyclic) bond motifs is 2. The number of unbranched alkanes of at least 4 members (excludes halogenated alkanes) is 1. The number of hydrogen-bond donors (Lipinski definition) is 2. The van der Waals surface area contributed by atoms with Crippen molar-refractivity contribution in [3.05, 3.63) is 60.2 Å². The molecule has 0 aliphatic rings. The van der Waals surface area contributed by atoms with Crippen LogP contribution < -0.4 is 19.5 Å². The number of benzene rings is 3. The molecule has 5 aromatic rings. The summed E-state index contributed by atoms with van der Waals surface area (Å²) in [6.45, 7) is 3.37. The third-order valence-electron chi connectivity index (χ3n) is 6.39. The number of carboxylic acid groups (broad SMARTS) is 1. The summed E-state index contributed by atoms with van der Waals surface area (Å²) in [4.78, 5) is 11.9. The third kappa shape index (κ3) is 4.95. The van der Waals surface area contributed by atoms with Crippen molar-refractivity contribution in [2.45, 2.75) is 26.3 Å². The maximum absolute atomic E-state index is 11.9. The number of aromatic nitrogens is 3. The van der Waals surface area contributed by atoms with E-state index < -0.39 is 6.16 Å². The molecule has 0 amide bonds. The van der Waals surface area contributed by atoms with Crippen LogP contribution in [0.25, 0.3) is 33.1 Å². The number of rotatable bonds is 10. The molecule has 0 unspecified atom stereocenters. The minimum atomic E-state index is -1.39. The van der Waals surface area contributed by atoms with Gasteiger partial charge in [0.15, 0.2) is 11.5 Å². The smallest absolute Gasteiger partial charge is 0.493 e. The van der Waals surface area contributed by atoms with Gasteiger partial charge in [0.25, 0.3) is 0 Å². The van der Waals surface area contributed by atoms with E-state index in [2.05, 4.69) is 21.0 Å². The molecule has 196 valence electrons. The van der Waals surface area contributed by atoms with Crippen LogP contribution >= 0.6 is 11.7 Å². The fourth-order valence-corrected chi connectivity index (χ4v) is 5.09. The van der Waals surface area contributed by atoms with Crippen molar-refractivity contribution in [2.24, 2.45) is 0 Å². The van der Waals surface area contributed by atoms with Gasteiger partial charge in [0.05, 0.1) is 43.6 Å². The number of nitrogens with zero attached hydrogens (tertiary/aromatic N) is 3. The van der Waals surface area contributed by atoms with Gasteiger partial charge >= 0.3 is 6.16 Å². The van der Waals surface area contributed by atoms with Crippen molar-refractivity contribution in [1.29, 1.82) is 0 Å². The molecule has 9 nitrogen and oxygen atoms in total. The minimum Gasteiger partial charge on any atom is -0.493 e. The van der Waals surface area contributed by atoms with Gasteiger partial charge in [0, 0.05) is 17.6 Å². The van der Waals surface area contributed by atoms with Crippen LogP contribution in [0.2, 0.25) is 0 Å². The Morgan fingerprint density at radius 3 is 2.58 bits per heavy atom. The van der Waals surface area contributed by atoms with Gasteiger partial charge < -0.3 is 29.2 Å². The average Bonchev–Trinajstić information content (AvgIpc) is 3.50. The average molecular weight is 533 g/mol. The molecule has 5 rings (SSSR count). The minimum absolute atomic E-state index is 0.224. The Morgan fingerprint density at radius 2 is 1.82 bits per heavy atom. The van der Waals surface area contributed by atoms with Gasteiger partial charge in [-0.15, -0.1) is 0 Å². The van der Waals surface area contributed by atoms with Crippen LogP contribution in [-0.4, -0.2) is 45.3 Å². The standard InChI is InChI=1S/C28H28N4O5S/c1-4-5-12-29-19-8-10-23-20(15-19)26(18-7-11-24(35-2)25(14-18)36-3)27(37-28(33)34)32(23)16-17-6-9-21-22(13-17)31-38-30-21/h6-11,13-15,29H,4-5,12,16H2,1-3H3,(H,33,34). The number of hydrogen-bond acceptors (Lipinski definition) is 8. The van der Waals surface area contributed by atoms with Gasteiger partial charge in [0.1, 0.15) is 11.0 Å². The quantitative estimate of drug-likeness (QED) is 0.152. The number of anilines is 1. The molecule has 0 aliphatic carbocycles. The van der Waals surface area contributed by atoms with E-state index in [9.17, 15) is 9.90 Å². The molecule has 0 saturated carbocycles. The van der Waals surface area contributed by atoms with Crippen LogP contribution in [0.3, 0.4) is 0 Å². The van der Waals surface area contributed by atoms with E-state index in [0.29, 0.717) is 23.6 Å². The molecule has 10 heteroatoms. The highest BCUT2D eigenvalue weighted by molar-refractivity contribution is 7.00. The number of nitrogens with one attached hydrogen (secondary N) is 1. The highest BCUT2D eigenvalue weighted by Gasteiger charge is 2.24. The lowest BCUT2D eigenvalue weighted by Gasteiger charge is -2.12.